The van der Waals surface area contributed by atoms with Crippen molar-refractivity contribution in [2.24, 2.45) is 0 Å². The van der Waals surface area contributed by atoms with Gasteiger partial charge in [0, 0.05) is 36.9 Å². The van der Waals surface area contributed by atoms with E-state index in [9.17, 15) is 0 Å². The third-order valence-electron chi connectivity index (χ3n) is 12.4. The Kier molecular flexibility index (Phi) is 7.97. The summed E-state index contributed by atoms with van der Waals surface area (Å²) in [6.45, 7) is 0. The summed E-state index contributed by atoms with van der Waals surface area (Å²) >= 11 is 1.83. The summed E-state index contributed by atoms with van der Waals surface area (Å²) < 4.78 is 2.55. The Morgan fingerprint density at radius 2 is 0.883 bits per heavy atom. The molecule has 0 unspecified atom stereocenters. The van der Waals surface area contributed by atoms with Crippen LogP contribution in [0.1, 0.15) is 22.3 Å². The number of aromatic nitrogens is 2. The van der Waals surface area contributed by atoms with Gasteiger partial charge in [-0.25, -0.2) is 9.97 Å². The predicted octanol–water partition coefficient (Wildman–Crippen LogP) is 15.0. The quantitative estimate of drug-likeness (QED) is 0.168. The Labute approximate surface area is 352 Å². The van der Waals surface area contributed by atoms with Crippen molar-refractivity contribution in [1.29, 1.82) is 0 Å². The van der Waals surface area contributed by atoms with Crippen molar-refractivity contribution in [2.45, 2.75) is 5.41 Å². The zero-order valence-electron chi connectivity index (χ0n) is 32.6. The summed E-state index contributed by atoms with van der Waals surface area (Å²) in [6, 6.07) is 79.3. The Morgan fingerprint density at radius 3 is 1.65 bits per heavy atom. The maximum Gasteiger partial charge on any atom is 0.160 e. The molecule has 2 heterocycles. The number of hydrogen-bond donors (Lipinski definition) is 0. The predicted molar refractivity (Wildman–Crippen MR) is 251 cm³/mol. The van der Waals surface area contributed by atoms with Crippen LogP contribution in [-0.2, 0) is 5.41 Å². The first kappa shape index (κ1) is 34.6. The van der Waals surface area contributed by atoms with Crippen LogP contribution in [0.3, 0.4) is 0 Å². The van der Waals surface area contributed by atoms with Gasteiger partial charge in [-0.1, -0.05) is 194 Å². The molecule has 0 radical (unpaired) electrons. The molecular weight excluding hydrogens is 745 g/mol. The van der Waals surface area contributed by atoms with Gasteiger partial charge in [-0.2, -0.15) is 0 Å². The van der Waals surface area contributed by atoms with Gasteiger partial charge in [-0.3, -0.25) is 0 Å². The van der Waals surface area contributed by atoms with E-state index in [2.05, 4.69) is 212 Å². The number of benzene rings is 9. The van der Waals surface area contributed by atoms with E-state index >= 15 is 0 Å². The van der Waals surface area contributed by atoms with Crippen LogP contribution < -0.4 is 0 Å². The molecule has 0 atom stereocenters. The number of nitrogens with zero attached hydrogens (tertiary/aromatic N) is 2. The first-order valence-corrected chi connectivity index (χ1v) is 21.3. The highest BCUT2D eigenvalue weighted by atomic mass is 32.1. The van der Waals surface area contributed by atoms with Gasteiger partial charge in [0.1, 0.15) is 0 Å². The molecule has 0 saturated carbocycles. The number of fused-ring (bicyclic) bond motifs is 7. The van der Waals surface area contributed by atoms with Gasteiger partial charge in [-0.15, -0.1) is 11.3 Å². The van der Waals surface area contributed by atoms with Crippen LogP contribution in [0.4, 0.5) is 0 Å². The first-order valence-electron chi connectivity index (χ1n) is 20.5. The molecule has 2 aromatic heterocycles. The van der Waals surface area contributed by atoms with E-state index in [0.29, 0.717) is 5.82 Å². The van der Waals surface area contributed by atoms with E-state index < -0.39 is 5.41 Å². The fourth-order valence-electron chi connectivity index (χ4n) is 9.73. The van der Waals surface area contributed by atoms with Gasteiger partial charge in [0.15, 0.2) is 5.82 Å². The number of thiophene rings is 1. The monoisotopic (exact) mass is 780 g/mol. The zero-order valence-corrected chi connectivity index (χ0v) is 33.4. The number of hydrogen-bond acceptors (Lipinski definition) is 3. The van der Waals surface area contributed by atoms with Gasteiger partial charge in [-0.05, 0) is 79.5 Å². The van der Waals surface area contributed by atoms with Crippen LogP contribution in [0.25, 0.3) is 87.1 Å². The molecule has 12 rings (SSSR count). The lowest BCUT2D eigenvalue weighted by Crippen LogP contribution is -2.28. The molecule has 0 fully saturated rings. The summed E-state index contributed by atoms with van der Waals surface area (Å²) in [4.78, 5) is 10.5. The molecule has 2 nitrogen and oxygen atoms in total. The molecule has 1 aliphatic rings. The average molecular weight is 781 g/mol. The second-order valence-electron chi connectivity index (χ2n) is 15.6. The Balaban J connectivity index is 1.03. The lowest BCUT2D eigenvalue weighted by atomic mass is 9.67. The van der Waals surface area contributed by atoms with Crippen LogP contribution in [0.15, 0.2) is 218 Å². The lowest BCUT2D eigenvalue weighted by molar-refractivity contribution is 0.768. The van der Waals surface area contributed by atoms with Crippen molar-refractivity contribution >= 4 is 42.3 Å². The lowest BCUT2D eigenvalue weighted by Gasteiger charge is -2.33. The number of rotatable bonds is 6. The molecule has 1 aliphatic carbocycles. The third-order valence-corrected chi connectivity index (χ3v) is 13.5. The van der Waals surface area contributed by atoms with Crippen LogP contribution in [0.5, 0.6) is 0 Å². The minimum absolute atomic E-state index is 0.429. The third kappa shape index (κ3) is 5.33. The molecule has 0 spiro atoms. The second kappa shape index (κ2) is 13.8. The minimum Gasteiger partial charge on any atom is -0.228 e. The van der Waals surface area contributed by atoms with Crippen molar-refractivity contribution in [3.8, 4) is 56.2 Å². The fraction of sp³-hybridized carbons (Fsp3) is 0.0175. The van der Waals surface area contributed by atoms with Crippen LogP contribution in [0, 0.1) is 0 Å². The molecule has 280 valence electrons. The van der Waals surface area contributed by atoms with Gasteiger partial charge < -0.3 is 0 Å². The van der Waals surface area contributed by atoms with Crippen LogP contribution in [0.2, 0.25) is 0 Å². The molecule has 0 N–H and O–H groups in total. The highest BCUT2D eigenvalue weighted by Gasteiger charge is 2.46. The highest BCUT2D eigenvalue weighted by Crippen LogP contribution is 2.57. The van der Waals surface area contributed by atoms with E-state index in [1.54, 1.807) is 0 Å². The van der Waals surface area contributed by atoms with E-state index in [1.807, 2.05) is 17.4 Å². The Morgan fingerprint density at radius 1 is 0.317 bits per heavy atom. The Hall–Kier alpha value is -7.46. The van der Waals surface area contributed by atoms with Crippen molar-refractivity contribution in [2.75, 3.05) is 0 Å². The molecule has 9 aromatic carbocycles. The van der Waals surface area contributed by atoms with Gasteiger partial charge in [0.25, 0.3) is 0 Å². The van der Waals surface area contributed by atoms with Gasteiger partial charge >= 0.3 is 0 Å². The standard InChI is InChI=1S/C57H36N2S/c1-4-16-37(17-5-1)56-58-52(39-28-30-48-47-25-13-15-27-54(47)60-55(48)35-39)36-53(59-56)46-32-31-42(43-22-10-11-23-44(43)46)38-29-33-51-49(34-38)45-24-12-14-26-50(45)57(51,40-18-6-2-7-19-40)41-20-8-3-9-21-41/h1-36H. The van der Waals surface area contributed by atoms with E-state index in [4.69, 9.17) is 9.97 Å². The Bertz CT molecular complexity index is 3380. The van der Waals surface area contributed by atoms with Gasteiger partial charge in [0.05, 0.1) is 16.8 Å². The second-order valence-corrected chi connectivity index (χ2v) is 16.7. The fourth-order valence-corrected chi connectivity index (χ4v) is 10.9. The molecule has 0 bridgehead atoms. The SMILES string of the molecule is c1ccc(-c2nc(-c3ccc4c(c3)sc3ccccc34)cc(-c3ccc(-c4ccc5c(c4)-c4ccccc4C5(c4ccccc4)c4ccccc4)c4ccccc34)n2)cc1. The molecular formula is C57H36N2S. The van der Waals surface area contributed by atoms with E-state index in [1.165, 1.54) is 70.1 Å². The summed E-state index contributed by atoms with van der Waals surface area (Å²) in [5, 5.41) is 4.91. The summed E-state index contributed by atoms with van der Waals surface area (Å²) in [5.41, 5.74) is 14.6. The smallest absolute Gasteiger partial charge is 0.160 e. The average Bonchev–Trinajstić information content (AvgIpc) is 3.85. The largest absolute Gasteiger partial charge is 0.228 e. The summed E-state index contributed by atoms with van der Waals surface area (Å²) in [5.74, 6) is 0.713. The van der Waals surface area contributed by atoms with Crippen molar-refractivity contribution in [3.05, 3.63) is 241 Å². The summed E-state index contributed by atoms with van der Waals surface area (Å²) in [7, 11) is 0. The van der Waals surface area contributed by atoms with Crippen molar-refractivity contribution < 1.29 is 0 Å². The highest BCUT2D eigenvalue weighted by molar-refractivity contribution is 7.25. The van der Waals surface area contributed by atoms with Crippen molar-refractivity contribution in [1.82, 2.24) is 9.97 Å². The van der Waals surface area contributed by atoms with Crippen LogP contribution >= 0.6 is 11.3 Å². The zero-order chi connectivity index (χ0) is 39.6. The maximum absolute atomic E-state index is 5.29. The maximum atomic E-state index is 5.29. The van der Waals surface area contributed by atoms with Gasteiger partial charge in [0.2, 0.25) is 0 Å². The van der Waals surface area contributed by atoms with Crippen molar-refractivity contribution in [3.63, 3.8) is 0 Å². The molecule has 0 saturated heterocycles. The minimum atomic E-state index is -0.429. The van der Waals surface area contributed by atoms with E-state index in [-0.39, 0.29) is 0 Å². The molecule has 0 aliphatic heterocycles. The molecule has 60 heavy (non-hydrogen) atoms. The summed E-state index contributed by atoms with van der Waals surface area (Å²) in [6.07, 6.45) is 0. The molecule has 0 amide bonds. The molecule has 11 aromatic rings. The topological polar surface area (TPSA) is 25.8 Å². The normalized spacial score (nSPS) is 12.8. The molecule has 3 heteroatoms. The first-order chi connectivity index (χ1) is 29.7. The van der Waals surface area contributed by atoms with E-state index in [0.717, 1.165) is 33.5 Å². The van der Waals surface area contributed by atoms with Crippen LogP contribution in [-0.4, -0.2) is 9.97 Å².